The molecule has 6 nitrogen and oxygen atoms in total. The van der Waals surface area contributed by atoms with E-state index in [2.05, 4.69) is 20.9 Å². The third-order valence-electron chi connectivity index (χ3n) is 5.19. The number of nitrogens with zero attached hydrogens (tertiary/aromatic N) is 1. The molecule has 1 amide bonds. The first-order valence-electron chi connectivity index (χ1n) is 10.0. The number of hydrogen-bond acceptors (Lipinski definition) is 5. The topological polar surface area (TPSA) is 65.6 Å². The summed E-state index contributed by atoms with van der Waals surface area (Å²) in [5, 5.41) is 8.72. The van der Waals surface area contributed by atoms with E-state index >= 15 is 0 Å². The molecule has 0 aliphatic carbocycles. The number of rotatable bonds is 7. The zero-order valence-corrected chi connectivity index (χ0v) is 16.5. The number of anilines is 3. The number of halogens is 2. The van der Waals surface area contributed by atoms with Crippen molar-refractivity contribution in [2.45, 2.75) is 6.42 Å². The van der Waals surface area contributed by atoms with Crippen LogP contribution in [0.3, 0.4) is 0 Å². The molecule has 4 rings (SSSR count). The van der Waals surface area contributed by atoms with Crippen LogP contribution in [0.15, 0.2) is 42.6 Å². The van der Waals surface area contributed by atoms with Gasteiger partial charge in [0.25, 0.3) is 5.91 Å². The summed E-state index contributed by atoms with van der Waals surface area (Å²) >= 11 is 0. The first-order chi connectivity index (χ1) is 14.6. The second-order valence-corrected chi connectivity index (χ2v) is 7.28. The summed E-state index contributed by atoms with van der Waals surface area (Å²) in [7, 11) is 0. The second kappa shape index (κ2) is 9.23. The monoisotopic (exact) mass is 414 g/mol. The SMILES string of the molecule is O=C1Nc2ccc(F)cc2C1=CNc1ccc(NCCCN2CCOCC2)c(F)c1. The van der Waals surface area contributed by atoms with Gasteiger partial charge in [0, 0.05) is 42.8 Å². The lowest BCUT2D eigenvalue weighted by Gasteiger charge is -2.26. The molecule has 0 spiro atoms. The highest BCUT2D eigenvalue weighted by atomic mass is 19.1. The summed E-state index contributed by atoms with van der Waals surface area (Å²) in [6, 6.07) is 8.85. The van der Waals surface area contributed by atoms with E-state index < -0.39 is 5.82 Å². The minimum atomic E-state index is -0.425. The molecule has 2 aromatic rings. The molecule has 1 saturated heterocycles. The van der Waals surface area contributed by atoms with Crippen molar-refractivity contribution in [2.75, 3.05) is 55.3 Å². The summed E-state index contributed by atoms with van der Waals surface area (Å²) in [6.45, 7) is 5.06. The summed E-state index contributed by atoms with van der Waals surface area (Å²) in [5.74, 6) is -1.14. The van der Waals surface area contributed by atoms with Crippen LogP contribution in [0.2, 0.25) is 0 Å². The van der Waals surface area contributed by atoms with Gasteiger partial charge in [-0.1, -0.05) is 0 Å². The zero-order valence-electron chi connectivity index (χ0n) is 16.5. The van der Waals surface area contributed by atoms with Crippen molar-refractivity contribution < 1.29 is 18.3 Å². The van der Waals surface area contributed by atoms with E-state index in [-0.39, 0.29) is 11.7 Å². The standard InChI is InChI=1S/C22H24F2N4O2/c23-15-2-4-20-17(12-15)18(22(29)27-20)14-26-16-3-5-21(19(24)13-16)25-6-1-7-28-8-10-30-11-9-28/h2-5,12-14,25-26H,1,6-11H2,(H,27,29). The summed E-state index contributed by atoms with van der Waals surface area (Å²) < 4.78 is 33.3. The average molecular weight is 414 g/mol. The van der Waals surface area contributed by atoms with Gasteiger partial charge >= 0.3 is 0 Å². The van der Waals surface area contributed by atoms with E-state index in [9.17, 15) is 13.6 Å². The second-order valence-electron chi connectivity index (χ2n) is 7.28. The van der Waals surface area contributed by atoms with E-state index in [1.165, 1.54) is 30.5 Å². The van der Waals surface area contributed by atoms with Crippen LogP contribution in [0.4, 0.5) is 25.8 Å². The molecular formula is C22H24F2N4O2. The Bertz CT molecular complexity index is 958. The van der Waals surface area contributed by atoms with Gasteiger partial charge in [-0.15, -0.1) is 0 Å². The van der Waals surface area contributed by atoms with Crippen molar-refractivity contribution in [2.24, 2.45) is 0 Å². The predicted octanol–water partition coefficient (Wildman–Crippen LogP) is 3.50. The largest absolute Gasteiger partial charge is 0.383 e. The fourth-order valence-electron chi connectivity index (χ4n) is 3.56. The molecule has 158 valence electrons. The number of fused-ring (bicyclic) bond motifs is 1. The number of carbonyl (C=O) groups excluding carboxylic acids is 1. The minimum Gasteiger partial charge on any atom is -0.383 e. The number of ether oxygens (including phenoxy) is 1. The maximum Gasteiger partial charge on any atom is 0.257 e. The first kappa shape index (κ1) is 20.3. The fraction of sp³-hybridized carbons (Fsp3) is 0.318. The van der Waals surface area contributed by atoms with E-state index in [0.717, 1.165) is 39.3 Å². The Hall–Kier alpha value is -2.97. The third kappa shape index (κ3) is 4.77. The van der Waals surface area contributed by atoms with Gasteiger partial charge in [0.2, 0.25) is 0 Å². The molecule has 1 fully saturated rings. The van der Waals surface area contributed by atoms with Crippen LogP contribution in [-0.4, -0.2) is 50.2 Å². The van der Waals surface area contributed by atoms with E-state index in [1.54, 1.807) is 12.1 Å². The highest BCUT2D eigenvalue weighted by molar-refractivity contribution is 6.31. The van der Waals surface area contributed by atoms with Crippen LogP contribution in [0, 0.1) is 11.6 Å². The first-order valence-corrected chi connectivity index (χ1v) is 10.0. The van der Waals surface area contributed by atoms with Crippen LogP contribution in [0.5, 0.6) is 0 Å². The van der Waals surface area contributed by atoms with Crippen molar-refractivity contribution in [3.05, 3.63) is 59.8 Å². The van der Waals surface area contributed by atoms with Crippen molar-refractivity contribution in [1.82, 2.24) is 4.90 Å². The summed E-state index contributed by atoms with van der Waals surface area (Å²) in [4.78, 5) is 14.4. The van der Waals surface area contributed by atoms with Gasteiger partial charge in [-0.25, -0.2) is 8.78 Å². The van der Waals surface area contributed by atoms with Gasteiger partial charge in [-0.3, -0.25) is 9.69 Å². The fourth-order valence-corrected chi connectivity index (χ4v) is 3.56. The molecule has 0 aromatic heterocycles. The molecule has 0 unspecified atom stereocenters. The van der Waals surface area contributed by atoms with Crippen molar-refractivity contribution >= 4 is 28.5 Å². The van der Waals surface area contributed by atoms with Crippen LogP contribution >= 0.6 is 0 Å². The zero-order chi connectivity index (χ0) is 20.9. The van der Waals surface area contributed by atoms with Crippen LogP contribution < -0.4 is 16.0 Å². The molecule has 0 atom stereocenters. The average Bonchev–Trinajstić information content (AvgIpc) is 3.06. The van der Waals surface area contributed by atoms with Crippen molar-refractivity contribution in [1.29, 1.82) is 0 Å². The highest BCUT2D eigenvalue weighted by Gasteiger charge is 2.24. The molecule has 3 N–H and O–H groups in total. The van der Waals surface area contributed by atoms with Gasteiger partial charge < -0.3 is 20.7 Å². The molecule has 2 aliphatic heterocycles. The number of benzene rings is 2. The molecule has 2 aliphatic rings. The maximum atomic E-state index is 14.4. The third-order valence-corrected chi connectivity index (χ3v) is 5.19. The minimum absolute atomic E-state index is 0.301. The summed E-state index contributed by atoms with van der Waals surface area (Å²) in [5.41, 5.74) is 2.26. The van der Waals surface area contributed by atoms with Crippen molar-refractivity contribution in [3.63, 3.8) is 0 Å². The number of hydrogen-bond donors (Lipinski definition) is 3. The smallest absolute Gasteiger partial charge is 0.257 e. The van der Waals surface area contributed by atoms with E-state index in [0.29, 0.717) is 34.7 Å². The molecule has 8 heteroatoms. The Morgan fingerprint density at radius 3 is 2.77 bits per heavy atom. The Morgan fingerprint density at radius 1 is 1.13 bits per heavy atom. The van der Waals surface area contributed by atoms with Gasteiger partial charge in [0.05, 0.1) is 24.5 Å². The normalized spacial score (nSPS) is 17.7. The van der Waals surface area contributed by atoms with Gasteiger partial charge in [0.15, 0.2) is 0 Å². The van der Waals surface area contributed by atoms with Gasteiger partial charge in [-0.05, 0) is 49.4 Å². The highest BCUT2D eigenvalue weighted by Crippen LogP contribution is 2.32. The number of carbonyl (C=O) groups is 1. The molecule has 30 heavy (non-hydrogen) atoms. The number of morpholine rings is 1. The molecule has 0 radical (unpaired) electrons. The maximum absolute atomic E-state index is 14.4. The van der Waals surface area contributed by atoms with Gasteiger partial charge in [0.1, 0.15) is 11.6 Å². The predicted molar refractivity (Wildman–Crippen MR) is 113 cm³/mol. The quantitative estimate of drug-likeness (QED) is 0.478. The molecule has 0 bridgehead atoms. The van der Waals surface area contributed by atoms with Crippen LogP contribution in [0.25, 0.3) is 5.57 Å². The van der Waals surface area contributed by atoms with E-state index in [1.807, 2.05) is 0 Å². The lowest BCUT2D eigenvalue weighted by molar-refractivity contribution is -0.110. The lowest BCUT2D eigenvalue weighted by atomic mass is 10.1. The Morgan fingerprint density at radius 2 is 1.97 bits per heavy atom. The lowest BCUT2D eigenvalue weighted by Crippen LogP contribution is -2.37. The van der Waals surface area contributed by atoms with Gasteiger partial charge in [-0.2, -0.15) is 0 Å². The number of amides is 1. The molecular weight excluding hydrogens is 390 g/mol. The van der Waals surface area contributed by atoms with Crippen LogP contribution in [0.1, 0.15) is 12.0 Å². The molecule has 2 aromatic carbocycles. The Labute approximate surface area is 173 Å². The van der Waals surface area contributed by atoms with Crippen molar-refractivity contribution in [3.8, 4) is 0 Å². The summed E-state index contributed by atoms with van der Waals surface area (Å²) in [6.07, 6.45) is 2.38. The molecule has 0 saturated carbocycles. The Kier molecular flexibility index (Phi) is 6.25. The van der Waals surface area contributed by atoms with Crippen LogP contribution in [-0.2, 0) is 9.53 Å². The molecule has 2 heterocycles. The number of nitrogens with one attached hydrogen (secondary N) is 3. The van der Waals surface area contributed by atoms with E-state index in [4.69, 9.17) is 4.74 Å². The Balaban J connectivity index is 1.33.